The highest BCUT2D eigenvalue weighted by Crippen LogP contribution is 2.66. The van der Waals surface area contributed by atoms with Gasteiger partial charge in [0.1, 0.15) is 5.60 Å². The summed E-state index contributed by atoms with van der Waals surface area (Å²) in [7, 11) is 1.47. The third-order valence-corrected chi connectivity index (χ3v) is 5.44. The van der Waals surface area contributed by atoms with Crippen molar-refractivity contribution in [1.82, 2.24) is 0 Å². The molecule has 4 atom stereocenters. The molecule has 17 heavy (non-hydrogen) atoms. The predicted octanol–water partition coefficient (Wildman–Crippen LogP) is 2.68. The van der Waals surface area contributed by atoms with Crippen molar-refractivity contribution in [2.45, 2.75) is 63.6 Å². The van der Waals surface area contributed by atoms with E-state index in [1.54, 1.807) is 0 Å². The highest BCUT2D eigenvalue weighted by molar-refractivity contribution is 5.69. The van der Waals surface area contributed by atoms with E-state index in [-0.39, 0.29) is 11.6 Å². The van der Waals surface area contributed by atoms with E-state index in [9.17, 15) is 4.79 Å². The molecule has 0 aromatic heterocycles. The van der Waals surface area contributed by atoms with Crippen LogP contribution < -0.4 is 0 Å². The monoisotopic (exact) mass is 238 g/mol. The first-order chi connectivity index (χ1) is 8.11. The number of methoxy groups -OCH3 is 1. The van der Waals surface area contributed by atoms with Gasteiger partial charge < -0.3 is 9.47 Å². The Morgan fingerprint density at radius 1 is 1.35 bits per heavy atom. The first-order valence-electron chi connectivity index (χ1n) is 6.86. The molecule has 0 bridgehead atoms. The Bertz CT molecular complexity index is 340. The van der Waals surface area contributed by atoms with Crippen LogP contribution >= 0.6 is 0 Å². The number of rotatable bonds is 2. The van der Waals surface area contributed by atoms with Crippen molar-refractivity contribution in [3.63, 3.8) is 0 Å². The van der Waals surface area contributed by atoms with E-state index in [4.69, 9.17) is 9.47 Å². The van der Waals surface area contributed by atoms with Gasteiger partial charge in [0.05, 0.1) is 19.6 Å². The molecule has 0 aromatic rings. The first kappa shape index (κ1) is 11.5. The Kier molecular flexibility index (Phi) is 2.51. The van der Waals surface area contributed by atoms with Crippen LogP contribution in [0.15, 0.2) is 0 Å². The zero-order valence-electron chi connectivity index (χ0n) is 10.8. The van der Waals surface area contributed by atoms with Crippen LogP contribution in [-0.4, -0.2) is 24.8 Å². The van der Waals surface area contributed by atoms with Crippen LogP contribution in [-0.2, 0) is 14.3 Å². The van der Waals surface area contributed by atoms with Crippen LogP contribution in [0.1, 0.15) is 51.9 Å². The Balaban J connectivity index is 1.73. The minimum Gasteiger partial charge on any atom is -0.469 e. The molecule has 0 aromatic carbocycles. The summed E-state index contributed by atoms with van der Waals surface area (Å²) in [4.78, 5) is 11.4. The Morgan fingerprint density at radius 3 is 2.88 bits per heavy atom. The van der Waals surface area contributed by atoms with Gasteiger partial charge >= 0.3 is 5.97 Å². The smallest absolute Gasteiger partial charge is 0.305 e. The summed E-state index contributed by atoms with van der Waals surface area (Å²) in [5.41, 5.74) is 0.505. The Labute approximate surface area is 103 Å². The lowest BCUT2D eigenvalue weighted by atomic mass is 9.58. The van der Waals surface area contributed by atoms with Gasteiger partial charge in [0.15, 0.2) is 0 Å². The average Bonchev–Trinajstić information content (AvgIpc) is 3.05. The maximum atomic E-state index is 11.4. The summed E-state index contributed by atoms with van der Waals surface area (Å²) in [6, 6.07) is 0. The van der Waals surface area contributed by atoms with Gasteiger partial charge in [-0.3, -0.25) is 4.79 Å². The SMILES string of the molecule is COC(=O)C[C@H]1CC[C@]2(C)CCCC[C@@]23O[C@@H]13. The number of hydrogen-bond acceptors (Lipinski definition) is 3. The molecule has 0 unspecified atom stereocenters. The van der Waals surface area contributed by atoms with E-state index in [0.29, 0.717) is 23.9 Å². The number of esters is 1. The van der Waals surface area contributed by atoms with Gasteiger partial charge in [0.2, 0.25) is 0 Å². The maximum Gasteiger partial charge on any atom is 0.305 e. The van der Waals surface area contributed by atoms with Gasteiger partial charge in [-0.1, -0.05) is 19.8 Å². The molecule has 3 nitrogen and oxygen atoms in total. The number of epoxide rings is 1. The second-order valence-corrected chi connectivity index (χ2v) is 6.27. The van der Waals surface area contributed by atoms with Crippen LogP contribution in [0.3, 0.4) is 0 Å². The summed E-state index contributed by atoms with van der Waals surface area (Å²) >= 11 is 0. The van der Waals surface area contributed by atoms with Crippen LogP contribution in [0.5, 0.6) is 0 Å². The minimum absolute atomic E-state index is 0.0833. The topological polar surface area (TPSA) is 38.8 Å². The lowest BCUT2D eigenvalue weighted by Crippen LogP contribution is -2.46. The molecule has 1 saturated heterocycles. The second-order valence-electron chi connectivity index (χ2n) is 6.27. The normalized spacial score (nSPS) is 47.9. The van der Waals surface area contributed by atoms with Gasteiger partial charge in [-0.25, -0.2) is 0 Å². The fourth-order valence-electron chi connectivity index (χ4n) is 4.27. The van der Waals surface area contributed by atoms with Crippen molar-refractivity contribution in [3.05, 3.63) is 0 Å². The van der Waals surface area contributed by atoms with E-state index < -0.39 is 0 Å². The number of carbonyl (C=O) groups excluding carboxylic acids is 1. The van der Waals surface area contributed by atoms with Crippen molar-refractivity contribution in [1.29, 1.82) is 0 Å². The van der Waals surface area contributed by atoms with Gasteiger partial charge in [-0.2, -0.15) is 0 Å². The molecule has 1 heterocycles. The zero-order valence-corrected chi connectivity index (χ0v) is 10.8. The van der Waals surface area contributed by atoms with Crippen LogP contribution in [0, 0.1) is 11.3 Å². The highest BCUT2D eigenvalue weighted by atomic mass is 16.6. The Hall–Kier alpha value is -0.570. The fourth-order valence-corrected chi connectivity index (χ4v) is 4.27. The molecule has 2 saturated carbocycles. The van der Waals surface area contributed by atoms with Gasteiger partial charge in [0.25, 0.3) is 0 Å². The van der Waals surface area contributed by atoms with Gasteiger partial charge in [-0.15, -0.1) is 0 Å². The maximum absolute atomic E-state index is 11.4. The molecule has 1 spiro atoms. The third kappa shape index (κ3) is 1.55. The molecule has 2 aliphatic carbocycles. The highest BCUT2D eigenvalue weighted by Gasteiger charge is 2.71. The van der Waals surface area contributed by atoms with E-state index in [1.165, 1.54) is 39.2 Å². The minimum atomic E-state index is -0.0833. The fraction of sp³-hybridized carbons (Fsp3) is 0.929. The van der Waals surface area contributed by atoms with Crippen molar-refractivity contribution in [2.75, 3.05) is 7.11 Å². The van der Waals surface area contributed by atoms with Gasteiger partial charge in [-0.05, 0) is 37.0 Å². The lowest BCUT2D eigenvalue weighted by Gasteiger charge is -2.44. The molecule has 3 fully saturated rings. The largest absolute Gasteiger partial charge is 0.469 e. The quantitative estimate of drug-likeness (QED) is 0.548. The van der Waals surface area contributed by atoms with Crippen LogP contribution in [0.25, 0.3) is 0 Å². The standard InChI is InChI=1S/C14H22O3/c1-13-6-3-4-7-14(13)12(17-14)10(5-8-13)9-11(15)16-2/h10,12H,3-9H2,1-2H3/t10-,12+,13+,14+/m1/s1. The van der Waals surface area contributed by atoms with E-state index in [2.05, 4.69) is 6.92 Å². The van der Waals surface area contributed by atoms with Crippen LogP contribution in [0.4, 0.5) is 0 Å². The summed E-state index contributed by atoms with van der Waals surface area (Å²) in [5.74, 6) is 0.314. The predicted molar refractivity (Wildman–Crippen MR) is 63.5 cm³/mol. The van der Waals surface area contributed by atoms with Crippen molar-refractivity contribution in [3.8, 4) is 0 Å². The second kappa shape index (κ2) is 3.71. The van der Waals surface area contributed by atoms with Crippen molar-refractivity contribution >= 4 is 5.97 Å². The van der Waals surface area contributed by atoms with Crippen LogP contribution in [0.2, 0.25) is 0 Å². The summed E-state index contributed by atoms with van der Waals surface area (Å²) in [5, 5.41) is 0. The molecule has 0 N–H and O–H groups in total. The molecular formula is C14H22O3. The average molecular weight is 238 g/mol. The Morgan fingerprint density at radius 2 is 2.12 bits per heavy atom. The molecular weight excluding hydrogens is 216 g/mol. The molecule has 3 aliphatic rings. The number of hydrogen-bond donors (Lipinski definition) is 0. The summed E-state index contributed by atoms with van der Waals surface area (Å²) in [6.07, 6.45) is 8.34. The summed E-state index contributed by atoms with van der Waals surface area (Å²) in [6.45, 7) is 2.39. The molecule has 3 rings (SSSR count). The van der Waals surface area contributed by atoms with E-state index in [0.717, 1.165) is 6.42 Å². The number of ether oxygens (including phenoxy) is 2. The molecule has 0 radical (unpaired) electrons. The van der Waals surface area contributed by atoms with E-state index in [1.807, 2.05) is 0 Å². The lowest BCUT2D eigenvalue weighted by molar-refractivity contribution is -0.142. The van der Waals surface area contributed by atoms with Gasteiger partial charge in [0, 0.05) is 0 Å². The number of carbonyl (C=O) groups is 1. The molecule has 1 aliphatic heterocycles. The zero-order chi connectivity index (χ0) is 12.1. The first-order valence-corrected chi connectivity index (χ1v) is 6.86. The molecule has 96 valence electrons. The van der Waals surface area contributed by atoms with Crippen molar-refractivity contribution < 1.29 is 14.3 Å². The van der Waals surface area contributed by atoms with E-state index >= 15 is 0 Å². The molecule has 0 amide bonds. The van der Waals surface area contributed by atoms with Crippen molar-refractivity contribution in [2.24, 2.45) is 11.3 Å². The summed E-state index contributed by atoms with van der Waals surface area (Å²) < 4.78 is 10.9. The molecule has 3 heteroatoms. The third-order valence-electron chi connectivity index (χ3n) is 5.44.